The summed E-state index contributed by atoms with van der Waals surface area (Å²) in [6.45, 7) is 8.04. The second kappa shape index (κ2) is 7.07. The molecule has 0 aromatic rings. The first-order valence-electron chi connectivity index (χ1n) is 7.09. The quantitative estimate of drug-likeness (QED) is 0.663. The fourth-order valence-corrected chi connectivity index (χ4v) is 2.18. The standard InChI is InChI=1S/C13H25N3O2/c1-2-16-5-6-18-12(10-16)8-14-9-13(17)15-7-11-3-4-11/h11-12,14H,2-10H2,1H3,(H,15,17). The number of nitrogens with zero attached hydrogens (tertiary/aromatic N) is 1. The first kappa shape index (κ1) is 13.8. The highest BCUT2D eigenvalue weighted by Gasteiger charge is 2.22. The number of rotatable bonds is 7. The van der Waals surface area contributed by atoms with Gasteiger partial charge in [-0.1, -0.05) is 6.92 Å². The molecule has 1 aliphatic heterocycles. The highest BCUT2D eigenvalue weighted by molar-refractivity contribution is 5.77. The van der Waals surface area contributed by atoms with Crippen LogP contribution >= 0.6 is 0 Å². The molecular formula is C13H25N3O2. The van der Waals surface area contributed by atoms with E-state index in [-0.39, 0.29) is 12.0 Å². The highest BCUT2D eigenvalue weighted by atomic mass is 16.5. The van der Waals surface area contributed by atoms with Gasteiger partial charge in [0.2, 0.25) is 5.91 Å². The summed E-state index contributed by atoms with van der Waals surface area (Å²) in [5, 5.41) is 6.13. The van der Waals surface area contributed by atoms with Crippen molar-refractivity contribution >= 4 is 5.91 Å². The molecule has 2 rings (SSSR count). The van der Waals surface area contributed by atoms with E-state index in [0.717, 1.165) is 45.2 Å². The Kier molecular flexibility index (Phi) is 5.41. The summed E-state index contributed by atoms with van der Waals surface area (Å²) in [6.07, 6.45) is 2.77. The number of amides is 1. The largest absolute Gasteiger partial charge is 0.374 e. The van der Waals surface area contributed by atoms with E-state index in [1.165, 1.54) is 12.8 Å². The van der Waals surface area contributed by atoms with Gasteiger partial charge in [-0.25, -0.2) is 0 Å². The fraction of sp³-hybridized carbons (Fsp3) is 0.923. The lowest BCUT2D eigenvalue weighted by atomic mass is 10.2. The van der Waals surface area contributed by atoms with Crippen LogP contribution in [0.5, 0.6) is 0 Å². The lowest BCUT2D eigenvalue weighted by Crippen LogP contribution is -2.47. The number of morpholine rings is 1. The molecule has 0 spiro atoms. The molecule has 5 heteroatoms. The molecular weight excluding hydrogens is 230 g/mol. The lowest BCUT2D eigenvalue weighted by Gasteiger charge is -2.32. The van der Waals surface area contributed by atoms with Gasteiger partial charge < -0.3 is 15.4 Å². The first-order chi connectivity index (χ1) is 8.78. The minimum absolute atomic E-state index is 0.102. The summed E-state index contributed by atoms with van der Waals surface area (Å²) in [5.74, 6) is 0.846. The van der Waals surface area contributed by atoms with Crippen molar-refractivity contribution in [2.45, 2.75) is 25.9 Å². The molecule has 1 unspecified atom stereocenters. The van der Waals surface area contributed by atoms with Crippen molar-refractivity contribution in [1.82, 2.24) is 15.5 Å². The molecule has 1 saturated carbocycles. The van der Waals surface area contributed by atoms with Crippen LogP contribution in [-0.2, 0) is 9.53 Å². The predicted molar refractivity (Wildman–Crippen MR) is 70.5 cm³/mol. The number of carbonyl (C=O) groups excluding carboxylic acids is 1. The van der Waals surface area contributed by atoms with Crippen LogP contribution in [0, 0.1) is 5.92 Å². The van der Waals surface area contributed by atoms with Crippen LogP contribution in [0.4, 0.5) is 0 Å². The maximum Gasteiger partial charge on any atom is 0.233 e. The zero-order valence-electron chi connectivity index (χ0n) is 11.3. The molecule has 2 N–H and O–H groups in total. The summed E-state index contributed by atoms with van der Waals surface area (Å²) in [7, 11) is 0. The molecule has 0 aromatic heterocycles. The Morgan fingerprint density at radius 1 is 1.39 bits per heavy atom. The van der Waals surface area contributed by atoms with Crippen LogP contribution in [0.25, 0.3) is 0 Å². The van der Waals surface area contributed by atoms with E-state index in [1.807, 2.05) is 0 Å². The van der Waals surface area contributed by atoms with Crippen LogP contribution in [0.15, 0.2) is 0 Å². The third-order valence-electron chi connectivity index (χ3n) is 3.61. The third-order valence-corrected chi connectivity index (χ3v) is 3.61. The van der Waals surface area contributed by atoms with Crippen molar-refractivity contribution in [1.29, 1.82) is 0 Å². The van der Waals surface area contributed by atoms with Gasteiger partial charge in [0.1, 0.15) is 0 Å². The molecule has 2 fully saturated rings. The number of hydrogen-bond donors (Lipinski definition) is 2. The predicted octanol–water partition coefficient (Wildman–Crippen LogP) is -0.177. The molecule has 104 valence electrons. The maximum atomic E-state index is 11.5. The lowest BCUT2D eigenvalue weighted by molar-refractivity contribution is -0.120. The molecule has 0 bridgehead atoms. The number of hydrogen-bond acceptors (Lipinski definition) is 4. The Labute approximate surface area is 109 Å². The number of carbonyl (C=O) groups is 1. The van der Waals surface area contributed by atoms with Gasteiger partial charge in [0.05, 0.1) is 19.3 Å². The second-order valence-electron chi connectivity index (χ2n) is 5.26. The average Bonchev–Trinajstić information content (AvgIpc) is 3.21. The van der Waals surface area contributed by atoms with E-state index < -0.39 is 0 Å². The van der Waals surface area contributed by atoms with E-state index in [9.17, 15) is 4.79 Å². The van der Waals surface area contributed by atoms with E-state index in [2.05, 4.69) is 22.5 Å². The van der Waals surface area contributed by atoms with Crippen molar-refractivity contribution < 1.29 is 9.53 Å². The fourth-order valence-electron chi connectivity index (χ4n) is 2.18. The van der Waals surface area contributed by atoms with Crippen molar-refractivity contribution in [3.8, 4) is 0 Å². The number of ether oxygens (including phenoxy) is 1. The minimum Gasteiger partial charge on any atom is -0.374 e. The third kappa shape index (κ3) is 4.92. The highest BCUT2D eigenvalue weighted by Crippen LogP contribution is 2.27. The Balaban J connectivity index is 1.52. The van der Waals surface area contributed by atoms with Crippen LogP contribution in [0.2, 0.25) is 0 Å². The monoisotopic (exact) mass is 255 g/mol. The second-order valence-corrected chi connectivity index (χ2v) is 5.26. The van der Waals surface area contributed by atoms with E-state index >= 15 is 0 Å². The number of likely N-dealkylation sites (N-methyl/N-ethyl adjacent to an activating group) is 1. The molecule has 1 atom stereocenters. The van der Waals surface area contributed by atoms with Crippen LogP contribution in [0.3, 0.4) is 0 Å². The molecule has 1 aliphatic carbocycles. The van der Waals surface area contributed by atoms with Gasteiger partial charge in [-0.2, -0.15) is 0 Å². The van der Waals surface area contributed by atoms with Crippen molar-refractivity contribution in [3.05, 3.63) is 0 Å². The molecule has 18 heavy (non-hydrogen) atoms. The van der Waals surface area contributed by atoms with Gasteiger partial charge in [-0.05, 0) is 25.3 Å². The topological polar surface area (TPSA) is 53.6 Å². The molecule has 2 aliphatic rings. The van der Waals surface area contributed by atoms with Gasteiger partial charge in [-0.3, -0.25) is 9.69 Å². The Morgan fingerprint density at radius 2 is 2.22 bits per heavy atom. The van der Waals surface area contributed by atoms with E-state index in [1.54, 1.807) is 0 Å². The first-order valence-corrected chi connectivity index (χ1v) is 7.09. The summed E-state index contributed by atoms with van der Waals surface area (Å²) in [4.78, 5) is 13.9. The van der Waals surface area contributed by atoms with E-state index in [0.29, 0.717) is 6.54 Å². The number of nitrogens with one attached hydrogen (secondary N) is 2. The molecule has 5 nitrogen and oxygen atoms in total. The smallest absolute Gasteiger partial charge is 0.233 e. The Hall–Kier alpha value is -0.650. The van der Waals surface area contributed by atoms with Gasteiger partial charge >= 0.3 is 0 Å². The molecule has 1 saturated heterocycles. The Morgan fingerprint density at radius 3 is 2.94 bits per heavy atom. The summed E-state index contributed by atoms with van der Waals surface area (Å²) in [6, 6.07) is 0. The van der Waals surface area contributed by atoms with Crippen LogP contribution in [0.1, 0.15) is 19.8 Å². The van der Waals surface area contributed by atoms with Crippen LogP contribution < -0.4 is 10.6 Å². The SMILES string of the molecule is CCN1CCOC(CNCC(=O)NCC2CC2)C1. The van der Waals surface area contributed by atoms with Gasteiger partial charge in [0.25, 0.3) is 0 Å². The zero-order chi connectivity index (χ0) is 12.8. The molecule has 0 radical (unpaired) electrons. The molecule has 0 aromatic carbocycles. The molecule has 1 amide bonds. The van der Waals surface area contributed by atoms with Gasteiger partial charge in [0, 0.05) is 26.2 Å². The summed E-state index contributed by atoms with van der Waals surface area (Å²) >= 11 is 0. The maximum absolute atomic E-state index is 11.5. The molecule has 1 heterocycles. The van der Waals surface area contributed by atoms with Crippen LogP contribution in [-0.4, -0.2) is 62.8 Å². The van der Waals surface area contributed by atoms with Crippen molar-refractivity contribution in [2.24, 2.45) is 5.92 Å². The Bertz CT molecular complexity index is 269. The normalized spacial score (nSPS) is 25.1. The van der Waals surface area contributed by atoms with Gasteiger partial charge in [-0.15, -0.1) is 0 Å². The summed E-state index contributed by atoms with van der Waals surface area (Å²) in [5.41, 5.74) is 0. The summed E-state index contributed by atoms with van der Waals surface area (Å²) < 4.78 is 5.66. The zero-order valence-corrected chi connectivity index (χ0v) is 11.3. The van der Waals surface area contributed by atoms with Crippen molar-refractivity contribution in [2.75, 3.05) is 45.9 Å². The van der Waals surface area contributed by atoms with Crippen molar-refractivity contribution in [3.63, 3.8) is 0 Å². The average molecular weight is 255 g/mol. The minimum atomic E-state index is 0.102. The van der Waals surface area contributed by atoms with E-state index in [4.69, 9.17) is 4.74 Å². The van der Waals surface area contributed by atoms with Gasteiger partial charge in [0.15, 0.2) is 0 Å².